The smallest absolute Gasteiger partial charge is 0.339 e. The van der Waals surface area contributed by atoms with Crippen molar-refractivity contribution in [1.29, 1.82) is 0 Å². The van der Waals surface area contributed by atoms with Crippen molar-refractivity contribution in [3.8, 4) is 0 Å². The molecule has 0 saturated carbocycles. The van der Waals surface area contributed by atoms with Crippen LogP contribution in [0.2, 0.25) is 0 Å². The van der Waals surface area contributed by atoms with Crippen molar-refractivity contribution in [2.24, 2.45) is 0 Å². The molecule has 1 aromatic heterocycles. The summed E-state index contributed by atoms with van der Waals surface area (Å²) < 4.78 is 30.3. The van der Waals surface area contributed by atoms with Gasteiger partial charge in [-0.3, -0.25) is 0 Å². The van der Waals surface area contributed by atoms with Crippen LogP contribution < -0.4 is 0 Å². The molecule has 1 aromatic rings. The Morgan fingerprint density at radius 2 is 2.21 bits per heavy atom. The third-order valence-corrected chi connectivity index (χ3v) is 1.65. The van der Waals surface area contributed by atoms with Crippen LogP contribution in [0.1, 0.15) is 31.5 Å². The van der Waals surface area contributed by atoms with Gasteiger partial charge in [-0.2, -0.15) is 13.8 Å². The van der Waals surface area contributed by atoms with E-state index >= 15 is 0 Å². The van der Waals surface area contributed by atoms with Crippen LogP contribution in [0.15, 0.2) is 4.52 Å². The van der Waals surface area contributed by atoms with E-state index in [2.05, 4.69) is 14.9 Å². The maximum atomic E-state index is 12.3. The minimum atomic E-state index is -3.20. The number of nitrogens with zero attached hydrogens (tertiary/aromatic N) is 2. The van der Waals surface area contributed by atoms with Crippen LogP contribution in [0.3, 0.4) is 0 Å². The third kappa shape index (κ3) is 3.82. The molecule has 0 bridgehead atoms. The minimum Gasteiger partial charge on any atom is -0.339 e. The monoisotopic (exact) mass is 318 g/mol. The Balaban J connectivity index is 2.52. The first-order valence-corrected chi connectivity index (χ1v) is 4.99. The zero-order valence-corrected chi connectivity index (χ0v) is 9.79. The van der Waals surface area contributed by atoms with E-state index in [0.29, 0.717) is 5.89 Å². The fraction of sp³-hybridized carbons (Fsp3) is 0.714. The van der Waals surface area contributed by atoms with E-state index in [0.717, 1.165) is 22.6 Å². The van der Waals surface area contributed by atoms with E-state index in [-0.39, 0.29) is 18.3 Å². The Morgan fingerprint density at radius 3 is 2.64 bits per heavy atom. The lowest BCUT2D eigenvalue weighted by Gasteiger charge is -2.06. The fourth-order valence-electron chi connectivity index (χ4n) is 0.707. The van der Waals surface area contributed by atoms with E-state index in [1.807, 2.05) is 13.8 Å². The highest BCUT2D eigenvalue weighted by Gasteiger charge is 2.25. The lowest BCUT2D eigenvalue weighted by atomic mass is 10.2. The summed E-state index contributed by atoms with van der Waals surface area (Å²) in [6, 6.07) is 0. The molecule has 0 radical (unpaired) electrons. The lowest BCUT2D eigenvalue weighted by molar-refractivity contribution is -0.155. The second-order valence-electron chi connectivity index (χ2n) is 2.94. The first-order valence-electron chi connectivity index (χ1n) is 3.91. The van der Waals surface area contributed by atoms with Crippen molar-refractivity contribution in [3.63, 3.8) is 0 Å². The summed E-state index contributed by atoms with van der Waals surface area (Å²) in [5.74, 6) is 0.627. The Bertz CT molecular complexity index is 298. The molecule has 0 N–H and O–H groups in total. The molecule has 4 nitrogen and oxygen atoms in total. The summed E-state index contributed by atoms with van der Waals surface area (Å²) in [4.78, 5) is 3.87. The second-order valence-corrected chi connectivity index (χ2v) is 4.19. The number of alkyl halides is 3. The molecule has 0 aliphatic heterocycles. The van der Waals surface area contributed by atoms with Crippen LogP contribution in [0.5, 0.6) is 0 Å². The van der Waals surface area contributed by atoms with Gasteiger partial charge in [0.15, 0.2) is 5.82 Å². The van der Waals surface area contributed by atoms with Gasteiger partial charge in [0.2, 0.25) is 5.89 Å². The van der Waals surface area contributed by atoms with Crippen molar-refractivity contribution in [1.82, 2.24) is 10.1 Å². The van der Waals surface area contributed by atoms with Crippen molar-refractivity contribution >= 4 is 22.6 Å². The topological polar surface area (TPSA) is 48.2 Å². The lowest BCUT2D eigenvalue weighted by Crippen LogP contribution is -2.11. The first-order chi connectivity index (χ1) is 6.38. The van der Waals surface area contributed by atoms with Crippen LogP contribution in [0.4, 0.5) is 8.78 Å². The molecule has 0 spiro atoms. The molecule has 80 valence electrons. The van der Waals surface area contributed by atoms with E-state index in [1.54, 1.807) is 0 Å². The van der Waals surface area contributed by atoms with Gasteiger partial charge in [0.1, 0.15) is 6.61 Å². The standard InChI is InChI=1S/C7H9F2IN2O2/c1-4(2)6-11-5(12-14-6)3-13-7(8,9)10/h4H,3H2,1-2H3. The van der Waals surface area contributed by atoms with E-state index < -0.39 is 4.12 Å². The molecule has 0 aliphatic rings. The quantitative estimate of drug-likeness (QED) is 0.633. The zero-order valence-electron chi connectivity index (χ0n) is 7.63. The number of rotatable bonds is 4. The molecule has 0 saturated heterocycles. The number of hydrogen-bond donors (Lipinski definition) is 0. The average Bonchev–Trinajstić information content (AvgIpc) is 2.47. The highest BCUT2D eigenvalue weighted by atomic mass is 127. The summed E-state index contributed by atoms with van der Waals surface area (Å²) in [5.41, 5.74) is 0. The van der Waals surface area contributed by atoms with Gasteiger partial charge in [-0.1, -0.05) is 19.0 Å². The molecular formula is C7H9F2IN2O2. The molecule has 0 fully saturated rings. The van der Waals surface area contributed by atoms with Crippen molar-refractivity contribution in [3.05, 3.63) is 11.7 Å². The maximum Gasteiger partial charge on any atom is 0.408 e. The molecule has 1 rings (SSSR count). The van der Waals surface area contributed by atoms with Crippen molar-refractivity contribution in [2.45, 2.75) is 30.5 Å². The van der Waals surface area contributed by atoms with Crippen LogP contribution in [-0.2, 0) is 11.3 Å². The van der Waals surface area contributed by atoms with Crippen LogP contribution in [-0.4, -0.2) is 14.3 Å². The molecule has 7 heteroatoms. The molecule has 0 amide bonds. The zero-order chi connectivity index (χ0) is 10.8. The number of aromatic nitrogens is 2. The average molecular weight is 318 g/mol. The van der Waals surface area contributed by atoms with Gasteiger partial charge >= 0.3 is 4.12 Å². The predicted octanol–water partition coefficient (Wildman–Crippen LogP) is 2.69. The highest BCUT2D eigenvalue weighted by molar-refractivity contribution is 14.1. The Labute approximate surface area is 93.1 Å². The Morgan fingerprint density at radius 1 is 1.57 bits per heavy atom. The van der Waals surface area contributed by atoms with Gasteiger partial charge in [-0.15, -0.1) is 0 Å². The maximum absolute atomic E-state index is 12.3. The summed E-state index contributed by atoms with van der Waals surface area (Å²) >= 11 is 0.882. The van der Waals surface area contributed by atoms with Gasteiger partial charge < -0.3 is 9.26 Å². The molecular weight excluding hydrogens is 309 g/mol. The van der Waals surface area contributed by atoms with Crippen LogP contribution in [0.25, 0.3) is 0 Å². The predicted molar refractivity (Wildman–Crippen MR) is 52.1 cm³/mol. The van der Waals surface area contributed by atoms with Gasteiger partial charge in [0.25, 0.3) is 0 Å². The third-order valence-electron chi connectivity index (χ3n) is 1.34. The van der Waals surface area contributed by atoms with E-state index in [4.69, 9.17) is 4.52 Å². The Hall–Kier alpha value is -0.310. The second kappa shape index (κ2) is 4.47. The van der Waals surface area contributed by atoms with Crippen molar-refractivity contribution < 1.29 is 18.0 Å². The normalized spacial score (nSPS) is 12.4. The number of ether oxygens (including phenoxy) is 1. The largest absolute Gasteiger partial charge is 0.408 e. The van der Waals surface area contributed by atoms with Crippen LogP contribution >= 0.6 is 22.6 Å². The molecule has 0 aromatic carbocycles. The highest BCUT2D eigenvalue weighted by Crippen LogP contribution is 2.24. The van der Waals surface area contributed by atoms with E-state index in [1.165, 1.54) is 0 Å². The van der Waals surface area contributed by atoms with Gasteiger partial charge in [0, 0.05) is 28.5 Å². The summed E-state index contributed by atoms with van der Waals surface area (Å²) in [6.07, 6.45) is 0. The van der Waals surface area contributed by atoms with Gasteiger partial charge in [-0.25, -0.2) is 0 Å². The van der Waals surface area contributed by atoms with Crippen LogP contribution in [0, 0.1) is 0 Å². The first kappa shape index (κ1) is 11.8. The minimum absolute atomic E-state index is 0.0800. The summed E-state index contributed by atoms with van der Waals surface area (Å²) in [5, 5.41) is 3.49. The Kier molecular flexibility index (Phi) is 3.76. The molecule has 0 atom stereocenters. The fourth-order valence-corrected chi connectivity index (χ4v) is 0.863. The van der Waals surface area contributed by atoms with Gasteiger partial charge in [0.05, 0.1) is 0 Å². The van der Waals surface area contributed by atoms with E-state index in [9.17, 15) is 8.78 Å². The summed E-state index contributed by atoms with van der Waals surface area (Å²) in [7, 11) is 0. The van der Waals surface area contributed by atoms with Gasteiger partial charge in [-0.05, 0) is 0 Å². The number of hydrogen-bond acceptors (Lipinski definition) is 4. The molecule has 1 heterocycles. The molecule has 0 unspecified atom stereocenters. The summed E-state index contributed by atoms with van der Waals surface area (Å²) in [6.45, 7) is 3.38. The molecule has 0 aliphatic carbocycles. The molecule has 14 heavy (non-hydrogen) atoms. The number of halogens is 3. The van der Waals surface area contributed by atoms with Crippen molar-refractivity contribution in [2.75, 3.05) is 0 Å². The SMILES string of the molecule is CC(C)c1nc(COC(F)(F)I)no1.